The minimum Gasteiger partial charge on any atom is -0.492 e. The molecule has 0 amide bonds. The van der Waals surface area contributed by atoms with E-state index in [1.807, 2.05) is 0 Å². The van der Waals surface area contributed by atoms with Crippen LogP contribution in [-0.4, -0.2) is 45.0 Å². The first-order valence-electron chi connectivity index (χ1n) is 9.61. The summed E-state index contributed by atoms with van der Waals surface area (Å²) in [5, 5.41) is 14.6. The summed E-state index contributed by atoms with van der Waals surface area (Å²) < 4.78 is 49.4. The van der Waals surface area contributed by atoms with Gasteiger partial charge in [0.25, 0.3) is 15.9 Å². The molecule has 3 heterocycles. The fourth-order valence-corrected chi connectivity index (χ4v) is 5.97. The molecule has 10 nitrogen and oxygen atoms in total. The maximum absolute atomic E-state index is 13.3. The molecule has 0 aliphatic carbocycles. The average Bonchev–Trinajstić information content (AvgIpc) is 3.51. The van der Waals surface area contributed by atoms with E-state index in [4.69, 9.17) is 30.3 Å². The molecule has 0 bridgehead atoms. The number of rotatable bonds is 9. The van der Waals surface area contributed by atoms with E-state index >= 15 is 0 Å². The van der Waals surface area contributed by atoms with Gasteiger partial charge in [0.1, 0.15) is 15.6 Å². The van der Waals surface area contributed by atoms with Crippen molar-refractivity contribution < 1.29 is 37.1 Å². The number of carbonyl (C=O) groups excluding carboxylic acids is 1. The molecule has 0 fully saturated rings. The number of anilines is 1. The van der Waals surface area contributed by atoms with Gasteiger partial charge in [0, 0.05) is 18.6 Å². The Morgan fingerprint density at radius 1 is 1.39 bits per heavy atom. The Kier molecular flexibility index (Phi) is 6.52. The number of aryl methyl sites for hydroxylation is 1. The van der Waals surface area contributed by atoms with Crippen molar-refractivity contribution in [2.45, 2.75) is 24.7 Å². The summed E-state index contributed by atoms with van der Waals surface area (Å²) in [5.41, 5.74) is 1.44. The first-order chi connectivity index (χ1) is 15.8. The molecule has 1 aliphatic heterocycles. The highest BCUT2D eigenvalue weighted by Crippen LogP contribution is 2.45. The highest BCUT2D eigenvalue weighted by Gasteiger charge is 2.30. The standard InChI is InChI=1S/C20H19ClN2O8S2/c1-10-16(21)20(31-22-10)23-33(26,27)15-4-6-32-19(15)13(25)8-12-11(3-5-24)7-14-18(17(12)28-2)30-9-29-14/h4,6-7,23-24H,3,5,8-9H2,1-2H3. The van der Waals surface area contributed by atoms with Crippen molar-refractivity contribution in [2.75, 3.05) is 25.2 Å². The minimum absolute atomic E-state index is 0.00428. The first kappa shape index (κ1) is 23.4. The Balaban J connectivity index is 1.68. The number of Topliss-reactive ketones (excluding diaryl/α,β-unsaturated/α-hetero) is 1. The number of nitrogens with zero attached hydrogens (tertiary/aromatic N) is 1. The molecule has 1 aliphatic rings. The number of ether oxygens (including phenoxy) is 3. The molecule has 0 spiro atoms. The van der Waals surface area contributed by atoms with Crippen molar-refractivity contribution in [3.8, 4) is 17.2 Å². The highest BCUT2D eigenvalue weighted by molar-refractivity contribution is 7.93. The van der Waals surface area contributed by atoms with Gasteiger partial charge in [-0.05, 0) is 36.4 Å². The predicted molar refractivity (Wildman–Crippen MR) is 119 cm³/mol. The molecule has 0 saturated heterocycles. The molecule has 4 rings (SSSR count). The zero-order valence-corrected chi connectivity index (χ0v) is 19.9. The molecule has 33 heavy (non-hydrogen) atoms. The normalized spacial score (nSPS) is 12.7. The number of carbonyl (C=O) groups is 1. The van der Waals surface area contributed by atoms with Gasteiger partial charge in [-0.25, -0.2) is 13.1 Å². The Labute approximate surface area is 198 Å². The van der Waals surface area contributed by atoms with Gasteiger partial charge in [-0.3, -0.25) is 4.79 Å². The van der Waals surface area contributed by atoms with E-state index in [1.165, 1.54) is 18.6 Å². The van der Waals surface area contributed by atoms with E-state index in [0.717, 1.165) is 11.3 Å². The van der Waals surface area contributed by atoms with Crippen LogP contribution in [-0.2, 0) is 22.9 Å². The maximum atomic E-state index is 13.3. The van der Waals surface area contributed by atoms with E-state index in [-0.39, 0.29) is 46.9 Å². The number of ketones is 1. The van der Waals surface area contributed by atoms with Crippen molar-refractivity contribution in [3.63, 3.8) is 0 Å². The lowest BCUT2D eigenvalue weighted by Crippen LogP contribution is -2.16. The molecule has 3 aromatic rings. The Morgan fingerprint density at radius 3 is 2.85 bits per heavy atom. The molecule has 0 saturated carbocycles. The van der Waals surface area contributed by atoms with Crippen LogP contribution in [0.5, 0.6) is 17.2 Å². The first-order valence-corrected chi connectivity index (χ1v) is 12.3. The van der Waals surface area contributed by atoms with Crippen molar-refractivity contribution in [2.24, 2.45) is 0 Å². The fraction of sp³-hybridized carbons (Fsp3) is 0.300. The van der Waals surface area contributed by atoms with Crippen LogP contribution in [0.3, 0.4) is 0 Å². The second-order valence-electron chi connectivity index (χ2n) is 6.99. The number of halogens is 1. The number of nitrogens with one attached hydrogen (secondary N) is 1. The van der Waals surface area contributed by atoms with Crippen molar-refractivity contribution in [3.05, 3.63) is 44.2 Å². The number of aliphatic hydroxyl groups excluding tert-OH is 1. The largest absolute Gasteiger partial charge is 0.492 e. The quantitative estimate of drug-likeness (QED) is 0.412. The molecule has 0 atom stereocenters. The molecule has 0 unspecified atom stereocenters. The molecule has 2 N–H and O–H groups in total. The van der Waals surface area contributed by atoms with Crippen molar-refractivity contribution >= 4 is 44.6 Å². The number of fused-ring (bicyclic) bond motifs is 1. The van der Waals surface area contributed by atoms with Crippen molar-refractivity contribution in [1.29, 1.82) is 0 Å². The van der Waals surface area contributed by atoms with Crippen LogP contribution in [0.15, 0.2) is 26.9 Å². The van der Waals surface area contributed by atoms with Gasteiger partial charge in [-0.15, -0.1) is 11.3 Å². The third kappa shape index (κ3) is 4.38. The van der Waals surface area contributed by atoms with E-state index in [9.17, 15) is 18.3 Å². The average molecular weight is 515 g/mol. The van der Waals surface area contributed by atoms with Crippen LogP contribution in [0, 0.1) is 6.92 Å². The number of sulfonamides is 1. The lowest BCUT2D eigenvalue weighted by Gasteiger charge is -2.15. The van der Waals surface area contributed by atoms with Gasteiger partial charge in [-0.2, -0.15) is 0 Å². The van der Waals surface area contributed by atoms with E-state index in [1.54, 1.807) is 13.0 Å². The molecule has 0 radical (unpaired) electrons. The Morgan fingerprint density at radius 2 is 2.18 bits per heavy atom. The molecular formula is C20H19ClN2O8S2. The maximum Gasteiger partial charge on any atom is 0.265 e. The lowest BCUT2D eigenvalue weighted by molar-refractivity contribution is 0.0992. The third-order valence-corrected chi connectivity index (χ3v) is 7.83. The van der Waals surface area contributed by atoms with Crippen LogP contribution >= 0.6 is 22.9 Å². The van der Waals surface area contributed by atoms with Gasteiger partial charge in [0.2, 0.25) is 12.5 Å². The Hall–Kier alpha value is -2.80. The van der Waals surface area contributed by atoms with Gasteiger partial charge >= 0.3 is 0 Å². The molecular weight excluding hydrogens is 496 g/mol. The summed E-state index contributed by atoms with van der Waals surface area (Å²) >= 11 is 7.00. The number of methoxy groups -OCH3 is 1. The summed E-state index contributed by atoms with van der Waals surface area (Å²) in [7, 11) is -2.75. The van der Waals surface area contributed by atoms with Crippen LogP contribution in [0.2, 0.25) is 5.02 Å². The predicted octanol–water partition coefficient (Wildman–Crippen LogP) is 3.20. The summed E-state index contributed by atoms with van der Waals surface area (Å²) in [6, 6.07) is 3.01. The fourth-order valence-electron chi connectivity index (χ4n) is 3.41. The summed E-state index contributed by atoms with van der Waals surface area (Å²) in [6.45, 7) is 1.40. The van der Waals surface area contributed by atoms with E-state index < -0.39 is 15.8 Å². The lowest BCUT2D eigenvalue weighted by atomic mass is 9.97. The van der Waals surface area contributed by atoms with Crippen LogP contribution in [0.25, 0.3) is 0 Å². The molecule has 2 aromatic heterocycles. The minimum atomic E-state index is -4.19. The SMILES string of the molecule is COc1c(CC(=O)c2sccc2S(=O)(=O)Nc2onc(C)c2Cl)c(CCO)cc2c1OCO2. The second-order valence-corrected chi connectivity index (χ2v) is 9.93. The van der Waals surface area contributed by atoms with Crippen LogP contribution in [0.4, 0.5) is 5.88 Å². The number of benzene rings is 1. The molecule has 13 heteroatoms. The zero-order chi connectivity index (χ0) is 23.8. The molecule has 176 valence electrons. The Bertz CT molecular complexity index is 1320. The van der Waals surface area contributed by atoms with Crippen LogP contribution < -0.4 is 18.9 Å². The van der Waals surface area contributed by atoms with Gasteiger partial charge in [0.05, 0.1) is 12.0 Å². The number of hydrogen-bond acceptors (Lipinski definition) is 10. The number of hydrogen-bond donors (Lipinski definition) is 2. The monoisotopic (exact) mass is 514 g/mol. The molecule has 1 aromatic carbocycles. The number of aromatic nitrogens is 1. The van der Waals surface area contributed by atoms with Gasteiger partial charge in [-0.1, -0.05) is 16.8 Å². The smallest absolute Gasteiger partial charge is 0.265 e. The highest BCUT2D eigenvalue weighted by atomic mass is 35.5. The summed E-state index contributed by atoms with van der Waals surface area (Å²) in [5.74, 6) is 0.431. The third-order valence-electron chi connectivity index (χ3n) is 4.93. The van der Waals surface area contributed by atoms with E-state index in [2.05, 4.69) is 9.88 Å². The topological polar surface area (TPSA) is 137 Å². The van der Waals surface area contributed by atoms with Gasteiger partial charge in [0.15, 0.2) is 17.3 Å². The van der Waals surface area contributed by atoms with Crippen LogP contribution in [0.1, 0.15) is 26.5 Å². The number of aliphatic hydroxyl groups is 1. The second kappa shape index (κ2) is 9.21. The summed E-state index contributed by atoms with van der Waals surface area (Å²) in [6.07, 6.45) is 0.0659. The van der Waals surface area contributed by atoms with Crippen molar-refractivity contribution in [1.82, 2.24) is 5.16 Å². The zero-order valence-electron chi connectivity index (χ0n) is 17.5. The van der Waals surface area contributed by atoms with E-state index in [0.29, 0.717) is 34.1 Å². The number of thiophene rings is 1. The van der Waals surface area contributed by atoms with Gasteiger partial charge < -0.3 is 23.8 Å². The summed E-state index contributed by atoms with van der Waals surface area (Å²) in [4.78, 5) is 13.1.